The Morgan fingerprint density at radius 2 is 1.84 bits per heavy atom. The molecule has 8 nitrogen and oxygen atoms in total. The first-order valence-corrected chi connectivity index (χ1v) is 10.8. The predicted octanol–water partition coefficient (Wildman–Crippen LogP) is 2.32. The Bertz CT molecular complexity index is 1090. The Balaban J connectivity index is 1.51. The van der Waals surface area contributed by atoms with Crippen LogP contribution in [0.2, 0.25) is 0 Å². The highest BCUT2D eigenvalue weighted by atomic mass is 16.5. The van der Waals surface area contributed by atoms with Crippen molar-refractivity contribution in [3.63, 3.8) is 0 Å². The summed E-state index contributed by atoms with van der Waals surface area (Å²) in [6.07, 6.45) is 0.251. The van der Waals surface area contributed by atoms with Crippen molar-refractivity contribution in [1.29, 1.82) is 0 Å². The van der Waals surface area contributed by atoms with Gasteiger partial charge in [-0.05, 0) is 36.8 Å². The second-order valence-corrected chi connectivity index (χ2v) is 7.85. The first-order chi connectivity index (χ1) is 15.5. The summed E-state index contributed by atoms with van der Waals surface area (Å²) in [5.74, 6) is 1.33. The number of methoxy groups -OCH3 is 1. The highest BCUT2D eigenvalue weighted by Gasteiger charge is 2.23. The lowest BCUT2D eigenvalue weighted by Crippen LogP contribution is -2.42. The molecule has 2 heterocycles. The fourth-order valence-electron chi connectivity index (χ4n) is 3.92. The maximum absolute atomic E-state index is 12.9. The molecule has 168 valence electrons. The number of carbonyl (C=O) groups excluding carboxylic acids is 2. The van der Waals surface area contributed by atoms with Gasteiger partial charge in [-0.15, -0.1) is 0 Å². The van der Waals surface area contributed by atoms with E-state index in [2.05, 4.69) is 5.32 Å². The van der Waals surface area contributed by atoms with Gasteiger partial charge >= 0.3 is 0 Å². The van der Waals surface area contributed by atoms with E-state index in [1.54, 1.807) is 7.11 Å². The largest absolute Gasteiger partial charge is 0.497 e. The Kier molecular flexibility index (Phi) is 6.70. The Morgan fingerprint density at radius 1 is 1.12 bits per heavy atom. The number of nitrogens with one attached hydrogen (secondary N) is 1. The number of carbonyl (C=O) groups is 2. The van der Waals surface area contributed by atoms with Gasteiger partial charge in [0.2, 0.25) is 11.8 Å². The minimum absolute atomic E-state index is 0.0227. The Morgan fingerprint density at radius 3 is 2.56 bits per heavy atom. The zero-order valence-corrected chi connectivity index (χ0v) is 18.4. The van der Waals surface area contributed by atoms with Crippen LogP contribution in [0.15, 0.2) is 48.5 Å². The van der Waals surface area contributed by atoms with E-state index in [-0.39, 0.29) is 30.8 Å². The van der Waals surface area contributed by atoms with Crippen molar-refractivity contribution in [3.05, 3.63) is 59.9 Å². The second-order valence-electron chi connectivity index (χ2n) is 7.85. The van der Waals surface area contributed by atoms with Crippen LogP contribution in [-0.4, -0.2) is 59.7 Å². The summed E-state index contributed by atoms with van der Waals surface area (Å²) >= 11 is 0. The molecule has 0 aliphatic carbocycles. The van der Waals surface area contributed by atoms with Crippen molar-refractivity contribution in [2.45, 2.75) is 25.9 Å². The molecule has 32 heavy (non-hydrogen) atoms. The monoisotopic (exact) mass is 436 g/mol. The van der Waals surface area contributed by atoms with Crippen molar-refractivity contribution >= 4 is 22.8 Å². The highest BCUT2D eigenvalue weighted by Crippen LogP contribution is 2.22. The van der Waals surface area contributed by atoms with Gasteiger partial charge in [-0.3, -0.25) is 9.59 Å². The number of benzene rings is 2. The molecule has 4 rings (SSSR count). The number of nitrogens with zero attached hydrogens (tertiary/aromatic N) is 3. The molecule has 1 fully saturated rings. The minimum atomic E-state index is -0.356. The second kappa shape index (κ2) is 9.82. The number of aromatic nitrogens is 2. The van der Waals surface area contributed by atoms with E-state index in [4.69, 9.17) is 14.5 Å². The molecular formula is C24H28N4O4. The highest BCUT2D eigenvalue weighted by molar-refractivity contribution is 5.82. The number of fused-ring (bicyclic) bond motifs is 1. The summed E-state index contributed by atoms with van der Waals surface area (Å²) in [6.45, 7) is 4.36. The van der Waals surface area contributed by atoms with E-state index in [0.29, 0.717) is 32.1 Å². The summed E-state index contributed by atoms with van der Waals surface area (Å²) < 4.78 is 12.4. The molecule has 1 aliphatic rings. The van der Waals surface area contributed by atoms with Crippen LogP contribution in [0.3, 0.4) is 0 Å². The number of para-hydroxylation sites is 2. The third-order valence-electron chi connectivity index (χ3n) is 5.63. The number of imidazole rings is 1. The van der Waals surface area contributed by atoms with Crippen molar-refractivity contribution < 1.29 is 19.1 Å². The van der Waals surface area contributed by atoms with Gasteiger partial charge in [0.1, 0.15) is 18.1 Å². The maximum atomic E-state index is 12.9. The van der Waals surface area contributed by atoms with Gasteiger partial charge in [0, 0.05) is 13.1 Å². The Labute approximate surface area is 187 Å². The third-order valence-corrected chi connectivity index (χ3v) is 5.63. The lowest BCUT2D eigenvalue weighted by atomic mass is 10.1. The molecule has 0 saturated carbocycles. The van der Waals surface area contributed by atoms with Crippen LogP contribution in [0.4, 0.5) is 0 Å². The minimum Gasteiger partial charge on any atom is -0.497 e. The molecule has 1 aliphatic heterocycles. The predicted molar refractivity (Wildman–Crippen MR) is 120 cm³/mol. The number of morpholine rings is 1. The number of hydrogen-bond donors (Lipinski definition) is 1. The average Bonchev–Trinajstić information content (AvgIpc) is 3.18. The van der Waals surface area contributed by atoms with Crippen molar-refractivity contribution in [2.75, 3.05) is 33.4 Å². The summed E-state index contributed by atoms with van der Waals surface area (Å²) in [6, 6.07) is 14.8. The van der Waals surface area contributed by atoms with E-state index in [1.165, 1.54) is 0 Å². The third kappa shape index (κ3) is 4.91. The summed E-state index contributed by atoms with van der Waals surface area (Å²) in [5.41, 5.74) is 2.57. The zero-order chi connectivity index (χ0) is 22.5. The quantitative estimate of drug-likeness (QED) is 0.614. The van der Waals surface area contributed by atoms with E-state index < -0.39 is 0 Å². The van der Waals surface area contributed by atoms with Crippen molar-refractivity contribution in [2.24, 2.45) is 0 Å². The van der Waals surface area contributed by atoms with Crippen LogP contribution in [0.5, 0.6) is 5.75 Å². The molecule has 2 amide bonds. The number of hydrogen-bond acceptors (Lipinski definition) is 5. The van der Waals surface area contributed by atoms with Crippen LogP contribution in [0.25, 0.3) is 11.0 Å². The molecule has 2 aromatic carbocycles. The van der Waals surface area contributed by atoms with Crippen LogP contribution in [-0.2, 0) is 27.3 Å². The lowest BCUT2D eigenvalue weighted by molar-refractivity contribution is -0.135. The zero-order valence-electron chi connectivity index (χ0n) is 18.4. The van der Waals surface area contributed by atoms with Gasteiger partial charge in [0.05, 0.1) is 43.8 Å². The smallest absolute Gasteiger partial charge is 0.242 e. The van der Waals surface area contributed by atoms with Gasteiger partial charge in [0.25, 0.3) is 0 Å². The molecule has 0 spiro atoms. The van der Waals surface area contributed by atoms with E-state index in [0.717, 1.165) is 22.3 Å². The van der Waals surface area contributed by atoms with E-state index in [1.807, 2.05) is 64.9 Å². The van der Waals surface area contributed by atoms with Crippen LogP contribution in [0, 0.1) is 0 Å². The molecule has 8 heteroatoms. The fraction of sp³-hybridized carbons (Fsp3) is 0.375. The lowest BCUT2D eigenvalue weighted by Gasteiger charge is -2.27. The molecular weight excluding hydrogens is 408 g/mol. The normalized spacial score (nSPS) is 14.9. The first kappa shape index (κ1) is 21.8. The van der Waals surface area contributed by atoms with Gasteiger partial charge in [-0.2, -0.15) is 0 Å². The fourth-order valence-corrected chi connectivity index (χ4v) is 3.92. The van der Waals surface area contributed by atoms with Gasteiger partial charge in [-0.25, -0.2) is 4.98 Å². The average molecular weight is 437 g/mol. The van der Waals surface area contributed by atoms with Gasteiger partial charge < -0.3 is 24.3 Å². The molecule has 1 N–H and O–H groups in total. The maximum Gasteiger partial charge on any atom is 0.242 e. The molecule has 3 aromatic rings. The number of ether oxygens (including phenoxy) is 2. The topological polar surface area (TPSA) is 85.7 Å². The van der Waals surface area contributed by atoms with Crippen molar-refractivity contribution in [3.8, 4) is 5.75 Å². The van der Waals surface area contributed by atoms with Crippen molar-refractivity contribution in [1.82, 2.24) is 19.8 Å². The number of amides is 2. The standard InChI is InChI=1S/C24H28N4O4/c1-17(25-22(29)15-18-7-9-19(31-2)10-8-18)24-26-20-5-3-4-6-21(20)28(24)16-23(30)27-11-13-32-14-12-27/h3-10,17H,11-16H2,1-2H3,(H,25,29). The molecule has 1 atom stereocenters. The number of rotatable bonds is 7. The summed E-state index contributed by atoms with van der Waals surface area (Å²) in [4.78, 5) is 32.1. The molecule has 1 aromatic heterocycles. The summed E-state index contributed by atoms with van der Waals surface area (Å²) in [7, 11) is 1.61. The van der Waals surface area contributed by atoms with Gasteiger partial charge in [0.15, 0.2) is 0 Å². The van der Waals surface area contributed by atoms with Crippen LogP contribution >= 0.6 is 0 Å². The Hall–Kier alpha value is -3.39. The summed E-state index contributed by atoms with van der Waals surface area (Å²) in [5, 5.41) is 3.03. The SMILES string of the molecule is COc1ccc(CC(=O)NC(C)c2nc3ccccc3n2CC(=O)N2CCOCC2)cc1. The molecule has 0 bridgehead atoms. The molecule has 0 radical (unpaired) electrons. The molecule has 1 saturated heterocycles. The molecule has 1 unspecified atom stereocenters. The van der Waals surface area contributed by atoms with Gasteiger partial charge in [-0.1, -0.05) is 24.3 Å². The van der Waals surface area contributed by atoms with E-state index >= 15 is 0 Å². The van der Waals surface area contributed by atoms with E-state index in [9.17, 15) is 9.59 Å². The van der Waals surface area contributed by atoms with Crippen LogP contribution < -0.4 is 10.1 Å². The first-order valence-electron chi connectivity index (χ1n) is 10.8. The van der Waals surface area contributed by atoms with Crippen LogP contribution in [0.1, 0.15) is 24.4 Å².